The highest BCUT2D eigenvalue weighted by Gasteiger charge is 2.30. The molecule has 0 spiro atoms. The predicted octanol–water partition coefficient (Wildman–Crippen LogP) is 23.8. The molecule has 0 unspecified atom stereocenters. The number of aryl methyl sites for hydroxylation is 3. The molecule has 27 heteroatoms. The maximum atomic E-state index is 6.14. The second-order valence-corrected chi connectivity index (χ2v) is 37.9. The van der Waals surface area contributed by atoms with Crippen molar-refractivity contribution >= 4 is 66.2 Å². The smallest absolute Gasteiger partial charge is 0.243 e. The van der Waals surface area contributed by atoms with Crippen molar-refractivity contribution in [2.24, 2.45) is 14.1 Å². The van der Waals surface area contributed by atoms with Gasteiger partial charge in [0.1, 0.15) is 73.5 Å². The summed E-state index contributed by atoms with van der Waals surface area (Å²) in [5, 5.41) is 26.4. The number of hydrogen-bond donors (Lipinski definition) is 0. The van der Waals surface area contributed by atoms with E-state index < -0.39 is 11.2 Å². The zero-order valence-electron chi connectivity index (χ0n) is 81.0. The SMILES string of the molecule is C=CCn1ncc(-c2nc3ccccc3nc2OC(C)(C)C)n1.CC(C)(C)Oc1nc2ccccc2nc1-c1ccccc1.CC(C)(C)Oc1nc2ccccc2nc1Cc1ccccc1.Cc1nc2ccccc2nc1OC(C)(C)C.Cn1nc(-c2ccccc2)c(-c2nc3ccccc3nc2OC(C)(C)C)n1.Cn1nnc(-c2nc3ccccc3nc2OC(C)(C)C)c1-c1ccccc1. The van der Waals surface area contributed by atoms with Gasteiger partial charge in [0.2, 0.25) is 35.3 Å². The van der Waals surface area contributed by atoms with E-state index >= 15 is 0 Å². The number of ether oxygens (including phenoxy) is 6. The van der Waals surface area contributed by atoms with Crippen molar-refractivity contribution < 1.29 is 28.4 Å². The van der Waals surface area contributed by atoms with Crippen LogP contribution >= 0.6 is 0 Å². The molecule has 692 valence electrons. The Kier molecular flexibility index (Phi) is 29.4. The van der Waals surface area contributed by atoms with E-state index in [1.54, 1.807) is 33.6 Å². The molecule has 19 aromatic rings. The summed E-state index contributed by atoms with van der Waals surface area (Å²) in [6, 6.07) is 87.0. The zero-order valence-corrected chi connectivity index (χ0v) is 81.0. The standard InChI is InChI=1S/2C21H21N5O.C19H20N2O.C18H18N2O.C17H19N5O.C13H16N2O/c1-21(2,3)27-20-18(22-15-12-8-9-13-16(15)23-20)17-19(26(4)25-24-17)14-10-6-5-7-11-14;1-21(2,3)27-20-19(22-15-12-8-9-13-16(15)23-20)18-17(24-26(4)25-18)14-10-6-5-7-11-14;1-19(2,3)22-18-17(13-14-9-5-4-6-10-14)20-15-11-7-8-12-16(15)21-18;1-18(2,3)21-17-16(13-9-5-4-6-10-13)19-14-11-7-8-12-15(14)20-17;1-5-10-22-18-11-14(21-22)15-16(23-17(2,3)4)20-13-9-7-6-8-12(13)19-15;1-9-12(16-13(2,3)4)15-11-8-6-5-7-10(11)14-9/h2*5-13H,1-4H3;4-12H,13H2,1-3H3;4-12H,1-3H3;5-9,11H,1,10H2,2-4H3;5-8H,1-4H3. The molecular weight excluding hydrogens is 1700 g/mol. The van der Waals surface area contributed by atoms with Gasteiger partial charge in [-0.2, -0.15) is 30.0 Å². The van der Waals surface area contributed by atoms with Crippen LogP contribution in [-0.2, 0) is 27.1 Å². The van der Waals surface area contributed by atoms with Crippen LogP contribution in [0.3, 0.4) is 0 Å². The highest BCUT2D eigenvalue weighted by atomic mass is 16.5. The maximum Gasteiger partial charge on any atom is 0.243 e. The fraction of sp³-hybridized carbons (Fsp3) is 0.266. The minimum absolute atomic E-state index is 0.248. The molecule has 19 rings (SSSR count). The molecule has 27 nitrogen and oxygen atoms in total. The molecule has 0 fully saturated rings. The highest BCUT2D eigenvalue weighted by molar-refractivity contribution is 5.87. The molecule has 0 radical (unpaired) electrons. The lowest BCUT2D eigenvalue weighted by atomic mass is 10.1. The first-order valence-electron chi connectivity index (χ1n) is 45.0. The summed E-state index contributed by atoms with van der Waals surface area (Å²) in [4.78, 5) is 59.3. The van der Waals surface area contributed by atoms with Crippen molar-refractivity contribution in [1.29, 1.82) is 0 Å². The van der Waals surface area contributed by atoms with Gasteiger partial charge in [-0.05, 0) is 210 Å². The van der Waals surface area contributed by atoms with Gasteiger partial charge in [0, 0.05) is 37.2 Å². The van der Waals surface area contributed by atoms with Crippen LogP contribution in [0.25, 0.3) is 134 Å². The Hall–Kier alpha value is -15.8. The fourth-order valence-electron chi connectivity index (χ4n) is 13.8. The molecule has 0 saturated heterocycles. The van der Waals surface area contributed by atoms with Crippen molar-refractivity contribution in [1.82, 2.24) is 105 Å². The predicted molar refractivity (Wildman–Crippen MR) is 539 cm³/mol. The van der Waals surface area contributed by atoms with Gasteiger partial charge in [0.25, 0.3) is 0 Å². The van der Waals surface area contributed by atoms with Gasteiger partial charge in [-0.25, -0.2) is 64.5 Å². The van der Waals surface area contributed by atoms with Gasteiger partial charge in [0.15, 0.2) is 17.1 Å². The Bertz CT molecular complexity index is 7220. The molecule has 9 aromatic heterocycles. The largest absolute Gasteiger partial charge is 0.471 e. The van der Waals surface area contributed by atoms with E-state index in [4.69, 9.17) is 58.3 Å². The average molecular weight is 1820 g/mol. The Morgan fingerprint density at radius 1 is 0.287 bits per heavy atom. The highest BCUT2D eigenvalue weighted by Crippen LogP contribution is 2.40. The van der Waals surface area contributed by atoms with Crippen LogP contribution in [0.1, 0.15) is 142 Å². The third-order valence-electron chi connectivity index (χ3n) is 19.3. The van der Waals surface area contributed by atoms with Gasteiger partial charge in [0.05, 0.1) is 84.6 Å². The fourth-order valence-corrected chi connectivity index (χ4v) is 13.8. The van der Waals surface area contributed by atoms with Crippen LogP contribution in [0.4, 0.5) is 0 Å². The van der Waals surface area contributed by atoms with E-state index in [1.807, 2.05) is 393 Å². The third-order valence-corrected chi connectivity index (χ3v) is 19.3. The lowest BCUT2D eigenvalue weighted by Crippen LogP contribution is -2.24. The van der Waals surface area contributed by atoms with Gasteiger partial charge in [-0.3, -0.25) is 0 Å². The van der Waals surface area contributed by atoms with Crippen LogP contribution in [0, 0.1) is 6.92 Å². The molecule has 9 heterocycles. The summed E-state index contributed by atoms with van der Waals surface area (Å²) in [6.45, 7) is 42.1. The number of fused-ring (bicyclic) bond motifs is 6. The second kappa shape index (κ2) is 41.6. The molecule has 136 heavy (non-hydrogen) atoms. The summed E-state index contributed by atoms with van der Waals surface area (Å²) >= 11 is 0. The minimum atomic E-state index is -0.416. The van der Waals surface area contributed by atoms with Crippen molar-refractivity contribution in [3.05, 3.63) is 303 Å². The first kappa shape index (κ1) is 96.3. The monoisotopic (exact) mass is 1810 g/mol. The summed E-state index contributed by atoms with van der Waals surface area (Å²) in [5.74, 6) is 3.19. The van der Waals surface area contributed by atoms with Gasteiger partial charge in [-0.15, -0.1) is 11.7 Å². The van der Waals surface area contributed by atoms with Crippen LogP contribution in [0.15, 0.2) is 286 Å². The molecule has 0 aliphatic rings. The van der Waals surface area contributed by atoms with E-state index in [2.05, 4.69) is 79.3 Å². The van der Waals surface area contributed by atoms with E-state index in [1.165, 1.54) is 5.56 Å². The number of allylic oxidation sites excluding steroid dienone is 1. The van der Waals surface area contributed by atoms with Crippen molar-refractivity contribution in [2.45, 2.75) is 178 Å². The number of benzene rings is 10. The number of para-hydroxylation sites is 12. The Balaban J connectivity index is 0.000000132. The van der Waals surface area contributed by atoms with Gasteiger partial charge >= 0.3 is 0 Å². The quantitative estimate of drug-likeness (QED) is 0.0812. The normalized spacial score (nSPS) is 11.7. The molecule has 0 N–H and O–H groups in total. The summed E-state index contributed by atoms with van der Waals surface area (Å²) < 4.78 is 37.9. The average Bonchev–Trinajstić information content (AvgIpc) is 1.56. The lowest BCUT2D eigenvalue weighted by Gasteiger charge is -2.22. The Morgan fingerprint density at radius 2 is 0.581 bits per heavy atom. The first-order chi connectivity index (χ1) is 64.8. The molecule has 0 atom stereocenters. The molecule has 0 amide bonds. The van der Waals surface area contributed by atoms with E-state index in [0.29, 0.717) is 82.4 Å². The van der Waals surface area contributed by atoms with Crippen LogP contribution in [0.2, 0.25) is 0 Å². The first-order valence-corrected chi connectivity index (χ1v) is 45.0. The third kappa shape index (κ3) is 26.1. The van der Waals surface area contributed by atoms with Gasteiger partial charge in [-0.1, -0.05) is 205 Å². The Labute approximate surface area is 793 Å². The summed E-state index contributed by atoms with van der Waals surface area (Å²) in [7, 11) is 3.67. The number of nitrogens with zero attached hydrogens (tertiary/aromatic N) is 21. The van der Waals surface area contributed by atoms with E-state index in [0.717, 1.165) is 111 Å². The van der Waals surface area contributed by atoms with E-state index in [-0.39, 0.29) is 22.4 Å². The molecule has 0 aliphatic heterocycles. The lowest BCUT2D eigenvalue weighted by molar-refractivity contribution is 0.122. The zero-order chi connectivity index (χ0) is 96.7. The molecule has 0 bridgehead atoms. The maximum absolute atomic E-state index is 6.14. The summed E-state index contributed by atoms with van der Waals surface area (Å²) in [5.41, 5.74) is 19.9. The van der Waals surface area contributed by atoms with Crippen LogP contribution in [0.5, 0.6) is 35.3 Å². The van der Waals surface area contributed by atoms with Crippen molar-refractivity contribution in [3.63, 3.8) is 0 Å². The van der Waals surface area contributed by atoms with Crippen LogP contribution in [-0.4, -0.2) is 138 Å². The number of rotatable bonds is 16. The molecule has 0 aliphatic carbocycles. The topological polar surface area (TPSA) is 302 Å². The van der Waals surface area contributed by atoms with Crippen molar-refractivity contribution in [2.75, 3.05) is 0 Å². The summed E-state index contributed by atoms with van der Waals surface area (Å²) in [6.07, 6.45) is 4.12. The van der Waals surface area contributed by atoms with E-state index in [9.17, 15) is 0 Å². The molecule has 10 aromatic carbocycles. The van der Waals surface area contributed by atoms with Gasteiger partial charge < -0.3 is 28.4 Å². The molecule has 0 saturated carbocycles. The number of hydrogen-bond acceptors (Lipinski definition) is 24. The minimum Gasteiger partial charge on any atom is -0.471 e. The molecular formula is C109H115N21O6. The second-order valence-electron chi connectivity index (χ2n) is 37.9. The number of aromatic nitrogens is 21. The van der Waals surface area contributed by atoms with Crippen LogP contribution < -0.4 is 28.4 Å². The Morgan fingerprint density at radius 3 is 0.985 bits per heavy atom. The van der Waals surface area contributed by atoms with Crippen molar-refractivity contribution in [3.8, 4) is 103 Å².